The number of nitrogens with one attached hydrogen (secondary N) is 3. The van der Waals surface area contributed by atoms with Crippen LogP contribution in [0.3, 0.4) is 0 Å². The standard InChI is InChI=1S/C18H15N7S/c19-15(20)10-3-1-9(2-4-10)14-8-23-18(26-14)17-24-12-6-5-11(16(21)22)7-13(12)25-17/h1-8H,(H3,19,20)(H3,21,22)(H,24,25). The molecule has 7 nitrogen and oxygen atoms in total. The summed E-state index contributed by atoms with van der Waals surface area (Å²) in [5.74, 6) is 0.750. The number of thiazole rings is 1. The first-order valence-corrected chi connectivity index (χ1v) is 8.58. The lowest BCUT2D eigenvalue weighted by Gasteiger charge is -1.99. The van der Waals surface area contributed by atoms with Crippen LogP contribution in [-0.2, 0) is 0 Å². The van der Waals surface area contributed by atoms with Gasteiger partial charge in [0, 0.05) is 17.3 Å². The molecule has 26 heavy (non-hydrogen) atoms. The van der Waals surface area contributed by atoms with Gasteiger partial charge in [-0.25, -0.2) is 9.97 Å². The molecule has 0 atom stereocenters. The topological polar surface area (TPSA) is 141 Å². The van der Waals surface area contributed by atoms with Crippen molar-refractivity contribution in [2.24, 2.45) is 11.5 Å². The quantitative estimate of drug-likeness (QED) is 0.281. The first-order valence-electron chi connectivity index (χ1n) is 7.76. The Balaban J connectivity index is 1.68. The number of hydrogen-bond acceptors (Lipinski definition) is 5. The number of hydrogen-bond donors (Lipinski definition) is 5. The molecule has 0 saturated heterocycles. The predicted molar refractivity (Wildman–Crippen MR) is 105 cm³/mol. The molecule has 0 fully saturated rings. The van der Waals surface area contributed by atoms with Crippen LogP contribution in [0.2, 0.25) is 0 Å². The van der Waals surface area contributed by atoms with Crippen molar-refractivity contribution in [2.75, 3.05) is 0 Å². The molecule has 0 aliphatic rings. The monoisotopic (exact) mass is 361 g/mol. The minimum atomic E-state index is 0.0218. The molecule has 4 aromatic rings. The van der Waals surface area contributed by atoms with Crippen molar-refractivity contribution in [3.63, 3.8) is 0 Å². The molecular formula is C18H15N7S. The summed E-state index contributed by atoms with van der Waals surface area (Å²) < 4.78 is 0. The summed E-state index contributed by atoms with van der Waals surface area (Å²) in [6.45, 7) is 0. The molecule has 0 unspecified atom stereocenters. The third-order valence-electron chi connectivity index (χ3n) is 3.98. The van der Waals surface area contributed by atoms with E-state index in [-0.39, 0.29) is 11.7 Å². The lowest BCUT2D eigenvalue weighted by Crippen LogP contribution is -2.10. The highest BCUT2D eigenvalue weighted by atomic mass is 32.1. The highest BCUT2D eigenvalue weighted by molar-refractivity contribution is 7.18. The second-order valence-corrected chi connectivity index (χ2v) is 6.78. The van der Waals surface area contributed by atoms with E-state index in [4.69, 9.17) is 22.3 Å². The Bertz CT molecular complexity index is 1140. The average molecular weight is 361 g/mol. The van der Waals surface area contributed by atoms with Gasteiger partial charge in [-0.3, -0.25) is 10.8 Å². The number of aromatic nitrogens is 3. The number of imidazole rings is 1. The van der Waals surface area contributed by atoms with Crippen LogP contribution >= 0.6 is 11.3 Å². The van der Waals surface area contributed by atoms with Gasteiger partial charge >= 0.3 is 0 Å². The summed E-state index contributed by atoms with van der Waals surface area (Å²) >= 11 is 1.52. The maximum Gasteiger partial charge on any atom is 0.167 e. The lowest BCUT2D eigenvalue weighted by atomic mass is 10.1. The van der Waals surface area contributed by atoms with Gasteiger partial charge in [-0.15, -0.1) is 11.3 Å². The SMILES string of the molecule is N=C(N)c1ccc(-c2cnc(-c3nc4ccc(C(=N)N)cc4[nH]3)s2)cc1. The summed E-state index contributed by atoms with van der Waals surface area (Å²) in [4.78, 5) is 13.3. The number of nitrogens with zero attached hydrogens (tertiary/aromatic N) is 2. The number of H-pyrrole nitrogens is 1. The maximum absolute atomic E-state index is 7.53. The predicted octanol–water partition coefficient (Wildman–Crippen LogP) is 2.92. The van der Waals surface area contributed by atoms with Crippen molar-refractivity contribution in [1.82, 2.24) is 15.0 Å². The number of fused-ring (bicyclic) bond motifs is 1. The Morgan fingerprint density at radius 3 is 2.35 bits per heavy atom. The van der Waals surface area contributed by atoms with E-state index in [2.05, 4.69) is 15.0 Å². The minimum absolute atomic E-state index is 0.0218. The molecule has 0 radical (unpaired) electrons. The Labute approximate surface area is 152 Å². The molecule has 2 heterocycles. The van der Waals surface area contributed by atoms with Crippen LogP contribution in [-0.4, -0.2) is 26.6 Å². The fraction of sp³-hybridized carbons (Fsp3) is 0. The Kier molecular flexibility index (Phi) is 3.74. The van der Waals surface area contributed by atoms with Crippen LogP contribution in [0.4, 0.5) is 0 Å². The maximum atomic E-state index is 7.53. The Morgan fingerprint density at radius 2 is 1.65 bits per heavy atom. The van der Waals surface area contributed by atoms with Crippen LogP contribution in [0.5, 0.6) is 0 Å². The molecule has 8 heteroatoms. The smallest absolute Gasteiger partial charge is 0.167 e. The molecule has 0 amide bonds. The molecule has 0 aliphatic heterocycles. The molecule has 128 valence electrons. The minimum Gasteiger partial charge on any atom is -0.384 e. The van der Waals surface area contributed by atoms with Gasteiger partial charge in [0.2, 0.25) is 0 Å². The van der Waals surface area contributed by atoms with Crippen molar-refractivity contribution in [2.45, 2.75) is 0 Å². The molecule has 0 saturated carbocycles. The van der Waals surface area contributed by atoms with Gasteiger partial charge in [0.15, 0.2) is 10.8 Å². The molecule has 0 bridgehead atoms. The Hall–Kier alpha value is -3.52. The number of amidine groups is 2. The zero-order valence-corrected chi connectivity index (χ0v) is 14.4. The molecule has 2 aromatic carbocycles. The van der Waals surface area contributed by atoms with Gasteiger partial charge < -0.3 is 16.5 Å². The first kappa shape index (κ1) is 16.0. The molecule has 0 aliphatic carbocycles. The van der Waals surface area contributed by atoms with Gasteiger partial charge in [-0.1, -0.05) is 24.3 Å². The summed E-state index contributed by atoms with van der Waals surface area (Å²) in [5, 5.41) is 15.8. The van der Waals surface area contributed by atoms with Crippen LogP contribution in [0.1, 0.15) is 11.1 Å². The van der Waals surface area contributed by atoms with Gasteiger partial charge in [0.25, 0.3) is 0 Å². The van der Waals surface area contributed by atoms with E-state index in [1.165, 1.54) is 11.3 Å². The first-order chi connectivity index (χ1) is 12.5. The van der Waals surface area contributed by atoms with Crippen LogP contribution in [0.25, 0.3) is 32.3 Å². The second-order valence-electron chi connectivity index (χ2n) is 5.75. The molecule has 7 N–H and O–H groups in total. The third kappa shape index (κ3) is 2.82. The number of rotatable bonds is 4. The van der Waals surface area contributed by atoms with Crippen LogP contribution in [0.15, 0.2) is 48.7 Å². The lowest BCUT2D eigenvalue weighted by molar-refractivity contribution is 1.29. The van der Waals surface area contributed by atoms with E-state index < -0.39 is 0 Å². The molecule has 4 rings (SSSR count). The highest BCUT2D eigenvalue weighted by Gasteiger charge is 2.12. The zero-order valence-electron chi connectivity index (χ0n) is 13.6. The van der Waals surface area contributed by atoms with Crippen molar-refractivity contribution < 1.29 is 0 Å². The zero-order chi connectivity index (χ0) is 18.3. The van der Waals surface area contributed by atoms with Crippen molar-refractivity contribution in [3.8, 4) is 21.3 Å². The fourth-order valence-corrected chi connectivity index (χ4v) is 3.48. The number of aromatic amines is 1. The van der Waals surface area contributed by atoms with E-state index in [0.717, 1.165) is 26.5 Å². The van der Waals surface area contributed by atoms with E-state index in [9.17, 15) is 0 Å². The normalized spacial score (nSPS) is 10.9. The Morgan fingerprint density at radius 1 is 0.962 bits per heavy atom. The van der Waals surface area contributed by atoms with E-state index >= 15 is 0 Å². The fourth-order valence-electron chi connectivity index (χ4n) is 2.61. The van der Waals surface area contributed by atoms with Gasteiger partial charge in [-0.2, -0.15) is 0 Å². The summed E-state index contributed by atoms with van der Waals surface area (Å²) in [5.41, 5.74) is 15.0. The van der Waals surface area contributed by atoms with Gasteiger partial charge in [-0.05, 0) is 23.8 Å². The van der Waals surface area contributed by atoms with Gasteiger partial charge in [0.1, 0.15) is 11.7 Å². The van der Waals surface area contributed by atoms with Crippen molar-refractivity contribution >= 4 is 34.0 Å². The highest BCUT2D eigenvalue weighted by Crippen LogP contribution is 2.31. The molecule has 2 aromatic heterocycles. The summed E-state index contributed by atoms with van der Waals surface area (Å²) in [7, 11) is 0. The van der Waals surface area contributed by atoms with Gasteiger partial charge in [0.05, 0.1) is 15.9 Å². The summed E-state index contributed by atoms with van der Waals surface area (Å²) in [6, 6.07) is 12.9. The van der Waals surface area contributed by atoms with Crippen LogP contribution in [0, 0.1) is 10.8 Å². The number of nitrogen functional groups attached to an aromatic ring is 2. The number of nitrogens with two attached hydrogens (primary N) is 2. The molecule has 0 spiro atoms. The third-order valence-corrected chi connectivity index (χ3v) is 5.03. The second kappa shape index (κ2) is 6.08. The average Bonchev–Trinajstić information content (AvgIpc) is 3.27. The van der Waals surface area contributed by atoms with Crippen LogP contribution < -0.4 is 11.5 Å². The molecular weight excluding hydrogens is 346 g/mol. The van der Waals surface area contributed by atoms with E-state index in [1.54, 1.807) is 12.3 Å². The van der Waals surface area contributed by atoms with E-state index in [1.807, 2.05) is 36.4 Å². The largest absolute Gasteiger partial charge is 0.384 e. The summed E-state index contributed by atoms with van der Waals surface area (Å²) in [6.07, 6.45) is 1.80. The van der Waals surface area contributed by atoms with E-state index in [0.29, 0.717) is 17.0 Å². The van der Waals surface area contributed by atoms with Crippen molar-refractivity contribution in [3.05, 3.63) is 59.8 Å². The number of benzene rings is 2. The van der Waals surface area contributed by atoms with Crippen molar-refractivity contribution in [1.29, 1.82) is 10.8 Å².